The number of aliphatic hydroxyl groups is 1. The van der Waals surface area contributed by atoms with E-state index >= 15 is 0 Å². The fourth-order valence-electron chi connectivity index (χ4n) is 4.54. The third-order valence-corrected chi connectivity index (χ3v) is 7.03. The quantitative estimate of drug-likeness (QED) is 0.561. The number of aliphatic carboxylic acids is 1. The molecule has 1 fully saturated rings. The number of likely N-dealkylation sites (tertiary alicyclic amines) is 1. The maximum Gasteiger partial charge on any atom is 0.341 e. The Balaban J connectivity index is 1.25. The fourth-order valence-corrected chi connectivity index (χ4v) is 4.90. The molecule has 4 rings (SSSR count). The van der Waals surface area contributed by atoms with Crippen molar-refractivity contribution in [1.29, 1.82) is 0 Å². The standard InChI is InChI=1S/C25H30BrNO5/c26-21-3-1-19(15-24(21)32-16-25(29)30)13-18-6-10-27(11-7-18)9-5-17-2-4-23-20(14-17)22(28)8-12-31-23/h1-4,14-15,18,22,28H,5-13,16H2,(H,29,30). The van der Waals surface area contributed by atoms with Gasteiger partial charge in [-0.1, -0.05) is 12.1 Å². The van der Waals surface area contributed by atoms with Crippen molar-refractivity contribution < 1.29 is 24.5 Å². The molecule has 1 atom stereocenters. The molecular formula is C25H30BrNO5. The van der Waals surface area contributed by atoms with Crippen LogP contribution in [0.25, 0.3) is 0 Å². The van der Waals surface area contributed by atoms with Crippen LogP contribution in [0.1, 0.15) is 42.1 Å². The van der Waals surface area contributed by atoms with Gasteiger partial charge in [-0.25, -0.2) is 4.79 Å². The number of hydrogen-bond donors (Lipinski definition) is 2. The zero-order valence-corrected chi connectivity index (χ0v) is 19.7. The van der Waals surface area contributed by atoms with Crippen molar-refractivity contribution >= 4 is 21.9 Å². The lowest BCUT2D eigenvalue weighted by atomic mass is 9.90. The van der Waals surface area contributed by atoms with E-state index in [0.717, 1.165) is 61.1 Å². The van der Waals surface area contributed by atoms with Crippen LogP contribution in [0.15, 0.2) is 40.9 Å². The Hall–Kier alpha value is -2.09. The van der Waals surface area contributed by atoms with E-state index in [2.05, 4.69) is 39.0 Å². The average molecular weight is 504 g/mol. The predicted octanol–water partition coefficient (Wildman–Crippen LogP) is 4.23. The summed E-state index contributed by atoms with van der Waals surface area (Å²) in [6.07, 6.45) is 4.50. The number of piperidine rings is 1. The molecule has 0 aliphatic carbocycles. The topological polar surface area (TPSA) is 79.2 Å². The summed E-state index contributed by atoms with van der Waals surface area (Å²) in [6, 6.07) is 12.2. The highest BCUT2D eigenvalue weighted by Crippen LogP contribution is 2.33. The van der Waals surface area contributed by atoms with Crippen molar-refractivity contribution in [3.63, 3.8) is 0 Å². The third-order valence-electron chi connectivity index (χ3n) is 6.38. The van der Waals surface area contributed by atoms with E-state index in [1.54, 1.807) is 0 Å². The lowest BCUT2D eigenvalue weighted by molar-refractivity contribution is -0.139. The number of carboxylic acid groups (broad SMARTS) is 1. The summed E-state index contributed by atoms with van der Waals surface area (Å²) in [5, 5.41) is 19.1. The zero-order chi connectivity index (χ0) is 22.5. The Bertz CT molecular complexity index is 942. The number of halogens is 1. The molecule has 0 saturated carbocycles. The van der Waals surface area contributed by atoms with Crippen LogP contribution in [0.3, 0.4) is 0 Å². The fraction of sp³-hybridized carbons (Fsp3) is 0.480. The summed E-state index contributed by atoms with van der Waals surface area (Å²) in [7, 11) is 0. The molecule has 1 saturated heterocycles. The Morgan fingerprint density at radius 3 is 2.69 bits per heavy atom. The average Bonchev–Trinajstić information content (AvgIpc) is 2.79. The van der Waals surface area contributed by atoms with Gasteiger partial charge in [-0.05, 0) is 96.0 Å². The number of rotatable bonds is 8. The van der Waals surface area contributed by atoms with E-state index in [0.29, 0.717) is 24.7 Å². The first kappa shape index (κ1) is 23.1. The van der Waals surface area contributed by atoms with Crippen molar-refractivity contribution in [3.05, 3.63) is 57.6 Å². The number of benzene rings is 2. The van der Waals surface area contributed by atoms with E-state index in [1.165, 1.54) is 11.1 Å². The van der Waals surface area contributed by atoms with Gasteiger partial charge in [0.2, 0.25) is 0 Å². The molecule has 7 heteroatoms. The molecule has 2 aromatic carbocycles. The maximum atomic E-state index is 10.8. The van der Waals surface area contributed by atoms with Crippen LogP contribution < -0.4 is 9.47 Å². The van der Waals surface area contributed by atoms with Crippen LogP contribution in [0.5, 0.6) is 11.5 Å². The Morgan fingerprint density at radius 2 is 1.91 bits per heavy atom. The molecule has 2 aliphatic heterocycles. The van der Waals surface area contributed by atoms with Crippen molar-refractivity contribution in [2.45, 2.75) is 38.2 Å². The van der Waals surface area contributed by atoms with Gasteiger partial charge < -0.3 is 24.6 Å². The molecule has 0 amide bonds. The van der Waals surface area contributed by atoms with Gasteiger partial charge in [-0.15, -0.1) is 0 Å². The number of carbonyl (C=O) groups is 1. The van der Waals surface area contributed by atoms with Gasteiger partial charge in [0, 0.05) is 18.5 Å². The summed E-state index contributed by atoms with van der Waals surface area (Å²) in [4.78, 5) is 13.3. The number of fused-ring (bicyclic) bond motifs is 1. The number of nitrogens with zero attached hydrogens (tertiary/aromatic N) is 1. The van der Waals surface area contributed by atoms with E-state index in [9.17, 15) is 9.90 Å². The van der Waals surface area contributed by atoms with E-state index in [1.807, 2.05) is 18.2 Å². The molecule has 0 spiro atoms. The van der Waals surface area contributed by atoms with Gasteiger partial charge in [0.05, 0.1) is 17.2 Å². The van der Waals surface area contributed by atoms with Crippen molar-refractivity contribution in [2.24, 2.45) is 5.92 Å². The number of hydrogen-bond acceptors (Lipinski definition) is 5. The third kappa shape index (κ3) is 6.03. The lowest BCUT2D eigenvalue weighted by Gasteiger charge is -2.32. The summed E-state index contributed by atoms with van der Waals surface area (Å²) >= 11 is 3.43. The van der Waals surface area contributed by atoms with Crippen LogP contribution in [0.2, 0.25) is 0 Å². The molecule has 2 aromatic rings. The van der Waals surface area contributed by atoms with Gasteiger partial charge in [0.25, 0.3) is 0 Å². The number of aliphatic hydroxyl groups excluding tert-OH is 1. The van der Waals surface area contributed by atoms with Gasteiger partial charge >= 0.3 is 5.97 Å². The maximum absolute atomic E-state index is 10.8. The van der Waals surface area contributed by atoms with Crippen molar-refractivity contribution in [3.8, 4) is 11.5 Å². The summed E-state index contributed by atoms with van der Waals surface area (Å²) in [6.45, 7) is 3.43. The Labute approximate surface area is 197 Å². The lowest BCUT2D eigenvalue weighted by Crippen LogP contribution is -2.35. The second-order valence-electron chi connectivity index (χ2n) is 8.71. The normalized spacial score (nSPS) is 19.2. The molecule has 2 aliphatic rings. The molecule has 0 radical (unpaired) electrons. The molecule has 2 N–H and O–H groups in total. The van der Waals surface area contributed by atoms with Crippen LogP contribution in [0.4, 0.5) is 0 Å². The Kier molecular flexibility index (Phi) is 7.71. The molecular weight excluding hydrogens is 474 g/mol. The minimum atomic E-state index is -0.977. The van der Waals surface area contributed by atoms with Crippen LogP contribution in [-0.2, 0) is 17.6 Å². The van der Waals surface area contributed by atoms with E-state index in [-0.39, 0.29) is 6.61 Å². The smallest absolute Gasteiger partial charge is 0.341 e. The van der Waals surface area contributed by atoms with Gasteiger partial charge in [0.1, 0.15) is 11.5 Å². The molecule has 0 bridgehead atoms. The van der Waals surface area contributed by atoms with Crippen molar-refractivity contribution in [2.75, 3.05) is 32.8 Å². The summed E-state index contributed by atoms with van der Waals surface area (Å²) in [5.41, 5.74) is 3.36. The van der Waals surface area contributed by atoms with Crippen LogP contribution in [0, 0.1) is 5.92 Å². The van der Waals surface area contributed by atoms with Gasteiger partial charge in [0.15, 0.2) is 6.61 Å². The molecule has 6 nitrogen and oxygen atoms in total. The largest absolute Gasteiger partial charge is 0.493 e. The molecule has 32 heavy (non-hydrogen) atoms. The predicted molar refractivity (Wildman–Crippen MR) is 125 cm³/mol. The minimum Gasteiger partial charge on any atom is -0.493 e. The number of ether oxygens (including phenoxy) is 2. The Morgan fingerprint density at radius 1 is 1.12 bits per heavy atom. The highest BCUT2D eigenvalue weighted by atomic mass is 79.9. The molecule has 1 unspecified atom stereocenters. The van der Waals surface area contributed by atoms with Gasteiger partial charge in [-0.3, -0.25) is 0 Å². The van der Waals surface area contributed by atoms with E-state index < -0.39 is 12.1 Å². The van der Waals surface area contributed by atoms with Crippen LogP contribution >= 0.6 is 15.9 Å². The monoisotopic (exact) mass is 503 g/mol. The highest BCUT2D eigenvalue weighted by molar-refractivity contribution is 9.10. The first-order valence-electron chi connectivity index (χ1n) is 11.3. The molecule has 2 heterocycles. The molecule has 172 valence electrons. The van der Waals surface area contributed by atoms with Gasteiger partial charge in [-0.2, -0.15) is 0 Å². The number of carboxylic acids is 1. The second-order valence-corrected chi connectivity index (χ2v) is 9.57. The second kappa shape index (κ2) is 10.7. The zero-order valence-electron chi connectivity index (χ0n) is 18.1. The minimum absolute atomic E-state index is 0.337. The first-order chi connectivity index (χ1) is 15.5. The first-order valence-corrected chi connectivity index (χ1v) is 12.1. The SMILES string of the molecule is O=C(O)COc1cc(CC2CCN(CCc3ccc4c(c3)C(O)CCO4)CC2)ccc1Br. The van der Waals surface area contributed by atoms with Crippen molar-refractivity contribution in [1.82, 2.24) is 4.90 Å². The van der Waals surface area contributed by atoms with E-state index in [4.69, 9.17) is 14.6 Å². The summed E-state index contributed by atoms with van der Waals surface area (Å²) < 4.78 is 11.8. The summed E-state index contributed by atoms with van der Waals surface area (Å²) in [5.74, 6) is 1.05. The molecule has 0 aromatic heterocycles. The highest BCUT2D eigenvalue weighted by Gasteiger charge is 2.22. The van der Waals surface area contributed by atoms with Crippen LogP contribution in [-0.4, -0.2) is 53.9 Å².